The summed E-state index contributed by atoms with van der Waals surface area (Å²) >= 11 is 0. The largest absolute Gasteiger partial charge is 0.488 e. The highest BCUT2D eigenvalue weighted by atomic mass is 16.5. The van der Waals surface area contributed by atoms with Gasteiger partial charge in [0.05, 0.1) is 0 Å². The summed E-state index contributed by atoms with van der Waals surface area (Å²) in [6.45, 7) is 0.582. The Hall–Kier alpha value is -3.26. The lowest BCUT2D eigenvalue weighted by atomic mass is 9.92. The van der Waals surface area contributed by atoms with Crippen LogP contribution in [0.4, 0.5) is 0 Å². The van der Waals surface area contributed by atoms with E-state index >= 15 is 0 Å². The highest BCUT2D eigenvalue weighted by Crippen LogP contribution is 2.42. The molecule has 0 saturated heterocycles. The van der Waals surface area contributed by atoms with Crippen LogP contribution < -0.4 is 9.47 Å². The molecule has 0 atom stereocenters. The molecular formula is C23H16O2. The Bertz CT molecular complexity index is 1070. The van der Waals surface area contributed by atoms with Gasteiger partial charge in [-0.2, -0.15) is 0 Å². The standard InChI is InChI=1S/C23H16O2/c1-2-7-16(8-3-1)25-23-12-6-10-17-20(23)14-13-18-19-9-4-5-11-22(19)24-15-21(17)18/h1-14H,15H2. The Balaban J connectivity index is 1.68. The van der Waals surface area contributed by atoms with Crippen molar-refractivity contribution in [3.05, 3.63) is 90.5 Å². The second-order valence-corrected chi connectivity index (χ2v) is 6.14. The van der Waals surface area contributed by atoms with Gasteiger partial charge >= 0.3 is 0 Å². The van der Waals surface area contributed by atoms with Gasteiger partial charge in [0.25, 0.3) is 0 Å². The van der Waals surface area contributed by atoms with Gasteiger partial charge in [-0.1, -0.05) is 54.6 Å². The number of para-hydroxylation sites is 2. The molecule has 2 nitrogen and oxygen atoms in total. The van der Waals surface area contributed by atoms with E-state index in [1.807, 2.05) is 54.6 Å². The predicted molar refractivity (Wildman–Crippen MR) is 100 cm³/mol. The number of hydrogen-bond acceptors (Lipinski definition) is 2. The molecule has 0 N–H and O–H groups in total. The molecular weight excluding hydrogens is 308 g/mol. The van der Waals surface area contributed by atoms with Crippen molar-refractivity contribution in [3.8, 4) is 28.4 Å². The predicted octanol–water partition coefficient (Wildman–Crippen LogP) is 6.19. The average Bonchev–Trinajstić information content (AvgIpc) is 2.68. The monoisotopic (exact) mass is 324 g/mol. The minimum Gasteiger partial charge on any atom is -0.488 e. The van der Waals surface area contributed by atoms with E-state index in [9.17, 15) is 0 Å². The van der Waals surface area contributed by atoms with E-state index in [4.69, 9.17) is 9.47 Å². The van der Waals surface area contributed by atoms with Crippen LogP contribution in [0.5, 0.6) is 17.2 Å². The normalized spacial score (nSPS) is 12.2. The van der Waals surface area contributed by atoms with Gasteiger partial charge in [0.2, 0.25) is 0 Å². The van der Waals surface area contributed by atoms with Crippen LogP contribution >= 0.6 is 0 Å². The minimum atomic E-state index is 0.582. The van der Waals surface area contributed by atoms with Gasteiger partial charge in [-0.3, -0.25) is 0 Å². The number of ether oxygens (including phenoxy) is 2. The first-order chi connectivity index (χ1) is 12.4. The lowest BCUT2D eigenvalue weighted by Crippen LogP contribution is -2.06. The van der Waals surface area contributed by atoms with Crippen molar-refractivity contribution in [2.24, 2.45) is 0 Å². The van der Waals surface area contributed by atoms with Crippen molar-refractivity contribution in [2.45, 2.75) is 6.61 Å². The van der Waals surface area contributed by atoms with E-state index in [1.54, 1.807) is 0 Å². The molecule has 1 heterocycles. The molecule has 5 rings (SSSR count). The Labute approximate surface area is 146 Å². The lowest BCUT2D eigenvalue weighted by Gasteiger charge is -2.22. The maximum atomic E-state index is 6.11. The molecule has 120 valence electrons. The van der Waals surface area contributed by atoms with E-state index in [-0.39, 0.29) is 0 Å². The van der Waals surface area contributed by atoms with E-state index < -0.39 is 0 Å². The van der Waals surface area contributed by atoms with Crippen molar-refractivity contribution in [2.75, 3.05) is 0 Å². The smallest absolute Gasteiger partial charge is 0.135 e. The van der Waals surface area contributed by atoms with Crippen LogP contribution in [-0.4, -0.2) is 0 Å². The summed E-state index contributed by atoms with van der Waals surface area (Å²) in [6, 6.07) is 28.6. The third-order valence-electron chi connectivity index (χ3n) is 4.65. The fourth-order valence-electron chi connectivity index (χ4n) is 3.47. The molecule has 4 aromatic carbocycles. The zero-order valence-corrected chi connectivity index (χ0v) is 13.6. The molecule has 0 amide bonds. The van der Waals surface area contributed by atoms with Gasteiger partial charge in [-0.15, -0.1) is 0 Å². The van der Waals surface area contributed by atoms with E-state index in [1.165, 1.54) is 16.5 Å². The van der Waals surface area contributed by atoms with Crippen molar-refractivity contribution in [1.29, 1.82) is 0 Å². The zero-order chi connectivity index (χ0) is 16.6. The van der Waals surface area contributed by atoms with Gasteiger partial charge in [0, 0.05) is 16.5 Å². The van der Waals surface area contributed by atoms with Gasteiger partial charge < -0.3 is 9.47 Å². The van der Waals surface area contributed by atoms with Crippen LogP contribution in [0.3, 0.4) is 0 Å². The quantitative estimate of drug-likeness (QED) is 0.437. The van der Waals surface area contributed by atoms with Crippen LogP contribution in [0.2, 0.25) is 0 Å². The molecule has 2 heteroatoms. The molecule has 0 aromatic heterocycles. The Morgan fingerprint density at radius 3 is 2.40 bits per heavy atom. The molecule has 0 unspecified atom stereocenters. The van der Waals surface area contributed by atoms with Crippen LogP contribution in [0.1, 0.15) is 5.56 Å². The van der Waals surface area contributed by atoms with Crippen molar-refractivity contribution in [3.63, 3.8) is 0 Å². The highest BCUT2D eigenvalue weighted by molar-refractivity contribution is 5.96. The Morgan fingerprint density at radius 1 is 0.640 bits per heavy atom. The molecule has 0 aliphatic carbocycles. The Kier molecular flexibility index (Phi) is 3.20. The maximum absolute atomic E-state index is 6.11. The molecule has 25 heavy (non-hydrogen) atoms. The molecule has 4 aromatic rings. The number of rotatable bonds is 2. The molecule has 0 fully saturated rings. The first-order valence-electron chi connectivity index (χ1n) is 8.40. The topological polar surface area (TPSA) is 18.5 Å². The molecule has 0 spiro atoms. The summed E-state index contributed by atoms with van der Waals surface area (Å²) in [5, 5.41) is 2.29. The van der Waals surface area contributed by atoms with Crippen molar-refractivity contribution < 1.29 is 9.47 Å². The van der Waals surface area contributed by atoms with Crippen LogP contribution in [0.25, 0.3) is 21.9 Å². The second-order valence-electron chi connectivity index (χ2n) is 6.14. The van der Waals surface area contributed by atoms with E-state index in [0.29, 0.717) is 6.61 Å². The first kappa shape index (κ1) is 14.1. The van der Waals surface area contributed by atoms with E-state index in [0.717, 1.165) is 28.2 Å². The average molecular weight is 324 g/mol. The molecule has 0 radical (unpaired) electrons. The third-order valence-corrected chi connectivity index (χ3v) is 4.65. The number of benzene rings is 4. The van der Waals surface area contributed by atoms with Gasteiger partial charge in [0.15, 0.2) is 0 Å². The fraction of sp³-hybridized carbons (Fsp3) is 0.0435. The van der Waals surface area contributed by atoms with Crippen molar-refractivity contribution >= 4 is 10.8 Å². The summed E-state index contributed by atoms with van der Waals surface area (Å²) in [7, 11) is 0. The third kappa shape index (κ3) is 2.34. The first-order valence-corrected chi connectivity index (χ1v) is 8.40. The molecule has 0 saturated carbocycles. The molecule has 1 aliphatic rings. The number of fused-ring (bicyclic) bond motifs is 5. The summed E-state index contributed by atoms with van der Waals surface area (Å²) in [6.07, 6.45) is 0. The molecule has 0 bridgehead atoms. The minimum absolute atomic E-state index is 0.582. The van der Waals surface area contributed by atoms with Crippen molar-refractivity contribution in [1.82, 2.24) is 0 Å². The number of hydrogen-bond donors (Lipinski definition) is 0. The summed E-state index contributed by atoms with van der Waals surface area (Å²) in [4.78, 5) is 0. The summed E-state index contributed by atoms with van der Waals surface area (Å²) < 4.78 is 12.1. The summed E-state index contributed by atoms with van der Waals surface area (Å²) in [5.41, 5.74) is 3.61. The molecule has 1 aliphatic heterocycles. The fourth-order valence-corrected chi connectivity index (χ4v) is 3.47. The SMILES string of the molecule is c1ccc(Oc2cccc3c4c(ccc23)-c2ccccc2OC4)cc1. The van der Waals surface area contributed by atoms with E-state index in [2.05, 4.69) is 30.3 Å². The van der Waals surface area contributed by atoms with Gasteiger partial charge in [-0.05, 0) is 41.3 Å². The summed E-state index contributed by atoms with van der Waals surface area (Å²) in [5.74, 6) is 2.66. The lowest BCUT2D eigenvalue weighted by molar-refractivity contribution is 0.304. The highest BCUT2D eigenvalue weighted by Gasteiger charge is 2.19. The van der Waals surface area contributed by atoms with Crippen LogP contribution in [0, 0.1) is 0 Å². The zero-order valence-electron chi connectivity index (χ0n) is 13.6. The van der Waals surface area contributed by atoms with Gasteiger partial charge in [0.1, 0.15) is 23.9 Å². The van der Waals surface area contributed by atoms with Gasteiger partial charge in [-0.25, -0.2) is 0 Å². The van der Waals surface area contributed by atoms with Crippen LogP contribution in [-0.2, 0) is 6.61 Å². The second kappa shape index (κ2) is 5.67. The van der Waals surface area contributed by atoms with Crippen LogP contribution in [0.15, 0.2) is 84.9 Å². The maximum Gasteiger partial charge on any atom is 0.135 e. The Morgan fingerprint density at radius 2 is 1.48 bits per heavy atom.